The highest BCUT2D eigenvalue weighted by molar-refractivity contribution is 5.12. The third-order valence-corrected chi connectivity index (χ3v) is 1.59. The number of hydrogen-bond donors (Lipinski definition) is 2. The van der Waals surface area contributed by atoms with Crippen LogP contribution in [0.2, 0.25) is 0 Å². The van der Waals surface area contributed by atoms with Gasteiger partial charge in [-0.1, -0.05) is 6.07 Å². The van der Waals surface area contributed by atoms with E-state index in [-0.39, 0.29) is 6.04 Å². The quantitative estimate of drug-likeness (QED) is 0.658. The van der Waals surface area contributed by atoms with Gasteiger partial charge < -0.3 is 11.5 Å². The van der Waals surface area contributed by atoms with Crippen LogP contribution in [0.3, 0.4) is 0 Å². The van der Waals surface area contributed by atoms with Gasteiger partial charge in [0.25, 0.3) is 0 Å². The number of nitrogens with two attached hydrogens (primary N) is 2. The molecule has 0 aliphatic heterocycles. The van der Waals surface area contributed by atoms with Crippen molar-refractivity contribution in [3.8, 4) is 0 Å². The summed E-state index contributed by atoms with van der Waals surface area (Å²) < 4.78 is 0. The van der Waals surface area contributed by atoms with Gasteiger partial charge in [-0.15, -0.1) is 0 Å². The molecule has 3 nitrogen and oxygen atoms in total. The fourth-order valence-corrected chi connectivity index (χ4v) is 0.942. The average Bonchev–Trinajstić information content (AvgIpc) is 2.07. The Labute approximate surface area is 66.4 Å². The smallest absolute Gasteiger partial charge is 0.0322 e. The van der Waals surface area contributed by atoms with Crippen LogP contribution in [-0.2, 0) is 0 Å². The third-order valence-electron chi connectivity index (χ3n) is 1.59. The van der Waals surface area contributed by atoms with Crippen molar-refractivity contribution in [3.05, 3.63) is 30.1 Å². The van der Waals surface area contributed by atoms with Crippen LogP contribution in [0.15, 0.2) is 24.5 Å². The summed E-state index contributed by atoms with van der Waals surface area (Å²) in [5.74, 6) is 0. The van der Waals surface area contributed by atoms with Gasteiger partial charge in [-0.25, -0.2) is 0 Å². The topological polar surface area (TPSA) is 64.9 Å². The Hall–Kier alpha value is -0.930. The number of nitrogens with zero attached hydrogens (tertiary/aromatic N) is 1. The second-order valence-electron chi connectivity index (χ2n) is 2.47. The Morgan fingerprint density at radius 1 is 1.55 bits per heavy atom. The molecule has 1 aromatic rings. The molecule has 3 heteroatoms. The number of hydrogen-bond acceptors (Lipinski definition) is 3. The summed E-state index contributed by atoms with van der Waals surface area (Å²) in [4.78, 5) is 3.97. The minimum absolute atomic E-state index is 0.0358. The Bertz CT molecular complexity index is 198. The normalized spacial score (nSPS) is 12.9. The standard InChI is InChI=1S/C8H13N3/c9-4-3-8(10)7-2-1-5-11-6-7/h1-2,5-6,8H,3-4,9-10H2/t8-/m0/s1. The maximum atomic E-state index is 5.79. The van der Waals surface area contributed by atoms with Crippen LogP contribution in [0, 0.1) is 0 Å². The first-order chi connectivity index (χ1) is 5.34. The van der Waals surface area contributed by atoms with Gasteiger partial charge in [-0.05, 0) is 24.6 Å². The van der Waals surface area contributed by atoms with Gasteiger partial charge in [0, 0.05) is 18.4 Å². The molecule has 0 bridgehead atoms. The molecule has 0 unspecified atom stereocenters. The van der Waals surface area contributed by atoms with Crippen molar-refractivity contribution in [2.75, 3.05) is 6.54 Å². The van der Waals surface area contributed by atoms with Gasteiger partial charge in [0.2, 0.25) is 0 Å². The maximum Gasteiger partial charge on any atom is 0.0322 e. The van der Waals surface area contributed by atoms with Crippen molar-refractivity contribution in [3.63, 3.8) is 0 Å². The lowest BCUT2D eigenvalue weighted by Gasteiger charge is -2.08. The van der Waals surface area contributed by atoms with Crippen LogP contribution in [-0.4, -0.2) is 11.5 Å². The Morgan fingerprint density at radius 2 is 2.36 bits per heavy atom. The molecular weight excluding hydrogens is 138 g/mol. The van der Waals surface area contributed by atoms with Crippen molar-refractivity contribution in [2.24, 2.45) is 11.5 Å². The van der Waals surface area contributed by atoms with Crippen LogP contribution in [0.1, 0.15) is 18.0 Å². The van der Waals surface area contributed by atoms with Crippen LogP contribution in [0.4, 0.5) is 0 Å². The Balaban J connectivity index is 2.61. The van der Waals surface area contributed by atoms with Gasteiger partial charge in [0.1, 0.15) is 0 Å². The molecule has 0 fully saturated rings. The highest BCUT2D eigenvalue weighted by Crippen LogP contribution is 2.10. The van der Waals surface area contributed by atoms with E-state index in [9.17, 15) is 0 Å². The molecule has 11 heavy (non-hydrogen) atoms. The predicted molar refractivity (Wildman–Crippen MR) is 44.8 cm³/mol. The SMILES string of the molecule is NCC[C@H](N)c1cccnc1. The van der Waals surface area contributed by atoms with E-state index in [1.54, 1.807) is 12.4 Å². The summed E-state index contributed by atoms with van der Waals surface area (Å²) in [6.45, 7) is 0.621. The molecule has 0 radical (unpaired) electrons. The van der Waals surface area contributed by atoms with Gasteiger partial charge in [-0.3, -0.25) is 4.98 Å². The van der Waals surface area contributed by atoms with E-state index in [1.807, 2.05) is 12.1 Å². The lowest BCUT2D eigenvalue weighted by atomic mass is 10.1. The number of rotatable bonds is 3. The minimum Gasteiger partial charge on any atom is -0.330 e. The first-order valence-electron chi connectivity index (χ1n) is 3.70. The van der Waals surface area contributed by atoms with Crippen LogP contribution < -0.4 is 11.5 Å². The Morgan fingerprint density at radius 3 is 2.91 bits per heavy atom. The molecule has 4 N–H and O–H groups in total. The molecule has 0 saturated heterocycles. The summed E-state index contributed by atoms with van der Waals surface area (Å²) in [5.41, 5.74) is 12.2. The number of aromatic nitrogens is 1. The summed E-state index contributed by atoms with van der Waals surface area (Å²) in [6, 6.07) is 3.88. The third kappa shape index (κ3) is 2.29. The van der Waals surface area contributed by atoms with E-state index in [2.05, 4.69) is 4.98 Å². The molecule has 1 heterocycles. The monoisotopic (exact) mass is 151 g/mol. The van der Waals surface area contributed by atoms with E-state index in [4.69, 9.17) is 11.5 Å². The van der Waals surface area contributed by atoms with Gasteiger partial charge >= 0.3 is 0 Å². The molecule has 60 valence electrons. The molecule has 0 amide bonds. The maximum absolute atomic E-state index is 5.79. The minimum atomic E-state index is 0.0358. The first kappa shape index (κ1) is 8.17. The van der Waals surface area contributed by atoms with Crippen molar-refractivity contribution >= 4 is 0 Å². The lowest BCUT2D eigenvalue weighted by Crippen LogP contribution is -2.15. The molecular formula is C8H13N3. The van der Waals surface area contributed by atoms with Crippen molar-refractivity contribution < 1.29 is 0 Å². The molecule has 0 saturated carbocycles. The fourth-order valence-electron chi connectivity index (χ4n) is 0.942. The van der Waals surface area contributed by atoms with Crippen LogP contribution >= 0.6 is 0 Å². The van der Waals surface area contributed by atoms with E-state index < -0.39 is 0 Å². The highest BCUT2D eigenvalue weighted by atomic mass is 14.7. The highest BCUT2D eigenvalue weighted by Gasteiger charge is 2.02. The van der Waals surface area contributed by atoms with Crippen molar-refractivity contribution in [2.45, 2.75) is 12.5 Å². The van der Waals surface area contributed by atoms with E-state index in [1.165, 1.54) is 0 Å². The fraction of sp³-hybridized carbons (Fsp3) is 0.375. The molecule has 1 rings (SSSR count). The van der Waals surface area contributed by atoms with Gasteiger partial charge in [0.05, 0.1) is 0 Å². The van der Waals surface area contributed by atoms with Gasteiger partial charge in [-0.2, -0.15) is 0 Å². The summed E-state index contributed by atoms with van der Waals surface area (Å²) in [5, 5.41) is 0. The second kappa shape index (κ2) is 4.05. The first-order valence-corrected chi connectivity index (χ1v) is 3.70. The lowest BCUT2D eigenvalue weighted by molar-refractivity contribution is 0.659. The van der Waals surface area contributed by atoms with Crippen molar-refractivity contribution in [1.82, 2.24) is 4.98 Å². The molecule has 0 aliphatic carbocycles. The van der Waals surface area contributed by atoms with E-state index in [0.29, 0.717) is 6.54 Å². The molecule has 0 spiro atoms. The van der Waals surface area contributed by atoms with E-state index in [0.717, 1.165) is 12.0 Å². The predicted octanol–water partition coefficient (Wildman–Crippen LogP) is 0.430. The summed E-state index contributed by atoms with van der Waals surface area (Å²) in [7, 11) is 0. The largest absolute Gasteiger partial charge is 0.330 e. The average molecular weight is 151 g/mol. The zero-order chi connectivity index (χ0) is 8.10. The zero-order valence-electron chi connectivity index (χ0n) is 6.40. The molecule has 1 atom stereocenters. The zero-order valence-corrected chi connectivity index (χ0v) is 6.40. The number of pyridine rings is 1. The van der Waals surface area contributed by atoms with Crippen LogP contribution in [0.25, 0.3) is 0 Å². The Kier molecular flexibility index (Phi) is 3.01. The summed E-state index contributed by atoms with van der Waals surface area (Å²) in [6.07, 6.45) is 4.32. The second-order valence-corrected chi connectivity index (χ2v) is 2.47. The van der Waals surface area contributed by atoms with E-state index >= 15 is 0 Å². The molecule has 0 aromatic carbocycles. The van der Waals surface area contributed by atoms with Gasteiger partial charge in [0.15, 0.2) is 0 Å². The summed E-state index contributed by atoms with van der Waals surface area (Å²) >= 11 is 0. The van der Waals surface area contributed by atoms with Crippen LogP contribution in [0.5, 0.6) is 0 Å². The molecule has 1 aromatic heterocycles. The molecule has 0 aliphatic rings. The van der Waals surface area contributed by atoms with Crippen molar-refractivity contribution in [1.29, 1.82) is 0 Å².